The molecule has 7 heteroatoms. The molecule has 1 heterocycles. The third-order valence-electron chi connectivity index (χ3n) is 1.84. The molecule has 0 saturated carbocycles. The maximum absolute atomic E-state index is 10.6. The largest absolute Gasteiger partial charge is 0.475 e. The molecule has 0 aliphatic carbocycles. The fourth-order valence-corrected chi connectivity index (χ4v) is 1.32. The Hall–Kier alpha value is -2.08. The monoisotopic (exact) mass is 239 g/mol. The number of rotatable bonds is 2. The molecule has 0 atom stereocenters. The summed E-state index contributed by atoms with van der Waals surface area (Å²) in [7, 11) is 0. The molecule has 0 aliphatic heterocycles. The van der Waals surface area contributed by atoms with Gasteiger partial charge in [0.05, 0.1) is 10.6 Å². The van der Waals surface area contributed by atoms with Gasteiger partial charge >= 0.3 is 5.97 Å². The van der Waals surface area contributed by atoms with Crippen LogP contribution in [0, 0.1) is 0 Å². The van der Waals surface area contributed by atoms with Crippen LogP contribution in [0.3, 0.4) is 0 Å². The standard InChI is InChI=1S/C9H6ClN3O3/c10-6-2-1-4(11)3-5(6)8-12-7(9(14)15)13-16-8/h1-3H,11H2,(H,14,15). The number of nitrogen functional groups attached to an aromatic ring is 1. The van der Waals surface area contributed by atoms with Crippen LogP contribution in [0.15, 0.2) is 22.7 Å². The zero-order chi connectivity index (χ0) is 11.7. The van der Waals surface area contributed by atoms with Crippen molar-refractivity contribution in [1.82, 2.24) is 10.1 Å². The minimum Gasteiger partial charge on any atom is -0.475 e. The molecule has 1 aromatic heterocycles. The van der Waals surface area contributed by atoms with Crippen LogP contribution in [-0.2, 0) is 0 Å². The van der Waals surface area contributed by atoms with Gasteiger partial charge in [0.25, 0.3) is 11.7 Å². The van der Waals surface area contributed by atoms with Gasteiger partial charge in [-0.15, -0.1) is 0 Å². The second-order valence-corrected chi connectivity index (χ2v) is 3.37. The highest BCUT2D eigenvalue weighted by atomic mass is 35.5. The number of carbonyl (C=O) groups is 1. The van der Waals surface area contributed by atoms with E-state index in [1.165, 1.54) is 6.07 Å². The van der Waals surface area contributed by atoms with Gasteiger partial charge in [-0.1, -0.05) is 11.6 Å². The quantitative estimate of drug-likeness (QED) is 0.773. The molecule has 3 N–H and O–H groups in total. The van der Waals surface area contributed by atoms with Gasteiger partial charge in [0.2, 0.25) is 0 Å². The molecule has 0 aliphatic rings. The first kappa shape index (κ1) is 10.4. The molecule has 0 unspecified atom stereocenters. The van der Waals surface area contributed by atoms with E-state index >= 15 is 0 Å². The van der Waals surface area contributed by atoms with E-state index in [-0.39, 0.29) is 5.89 Å². The highest BCUT2D eigenvalue weighted by molar-refractivity contribution is 6.33. The minimum atomic E-state index is -1.27. The first-order chi connectivity index (χ1) is 7.58. The second-order valence-electron chi connectivity index (χ2n) is 2.97. The number of carboxylic acid groups (broad SMARTS) is 1. The van der Waals surface area contributed by atoms with Gasteiger partial charge in [-0.2, -0.15) is 4.98 Å². The molecular weight excluding hydrogens is 234 g/mol. The lowest BCUT2D eigenvalue weighted by molar-refractivity contribution is 0.0680. The smallest absolute Gasteiger partial charge is 0.377 e. The van der Waals surface area contributed by atoms with Gasteiger partial charge in [-0.3, -0.25) is 0 Å². The summed E-state index contributed by atoms with van der Waals surface area (Å²) in [4.78, 5) is 14.2. The van der Waals surface area contributed by atoms with E-state index in [0.29, 0.717) is 16.3 Å². The molecule has 16 heavy (non-hydrogen) atoms. The van der Waals surface area contributed by atoms with E-state index in [4.69, 9.17) is 27.0 Å². The summed E-state index contributed by atoms with van der Waals surface area (Å²) in [5.41, 5.74) is 6.44. The maximum atomic E-state index is 10.6. The molecule has 6 nitrogen and oxygen atoms in total. The lowest BCUT2D eigenvalue weighted by Gasteiger charge is -1.99. The van der Waals surface area contributed by atoms with Crippen LogP contribution in [0.25, 0.3) is 11.5 Å². The van der Waals surface area contributed by atoms with Crippen LogP contribution < -0.4 is 5.73 Å². The zero-order valence-corrected chi connectivity index (χ0v) is 8.60. The minimum absolute atomic E-state index is 0.0229. The fourth-order valence-electron chi connectivity index (χ4n) is 1.13. The fraction of sp³-hybridized carbons (Fsp3) is 0. The third-order valence-corrected chi connectivity index (χ3v) is 2.17. The van der Waals surface area contributed by atoms with Crippen molar-refractivity contribution in [3.05, 3.63) is 29.0 Å². The van der Waals surface area contributed by atoms with E-state index < -0.39 is 11.8 Å². The summed E-state index contributed by atoms with van der Waals surface area (Å²) in [6.07, 6.45) is 0. The predicted octanol–water partition coefficient (Wildman–Crippen LogP) is 1.67. The van der Waals surface area contributed by atoms with Gasteiger partial charge in [-0.25, -0.2) is 4.79 Å². The normalized spacial score (nSPS) is 10.3. The van der Waals surface area contributed by atoms with Crippen LogP contribution >= 0.6 is 11.6 Å². The summed E-state index contributed by atoms with van der Waals surface area (Å²) < 4.78 is 4.77. The first-order valence-electron chi connectivity index (χ1n) is 4.20. The first-order valence-corrected chi connectivity index (χ1v) is 4.58. The Morgan fingerprint density at radius 1 is 1.50 bits per heavy atom. The van der Waals surface area contributed by atoms with Crippen molar-refractivity contribution in [3.63, 3.8) is 0 Å². The Morgan fingerprint density at radius 2 is 2.25 bits per heavy atom. The van der Waals surface area contributed by atoms with Crippen LogP contribution in [0.2, 0.25) is 5.02 Å². The lowest BCUT2D eigenvalue weighted by Crippen LogP contribution is -1.98. The molecule has 0 radical (unpaired) electrons. The predicted molar refractivity (Wildman–Crippen MR) is 56.1 cm³/mol. The van der Waals surface area contributed by atoms with E-state index in [9.17, 15) is 4.79 Å². The molecule has 0 saturated heterocycles. The molecular formula is C9H6ClN3O3. The molecule has 2 aromatic rings. The molecule has 1 aromatic carbocycles. The summed E-state index contributed by atoms with van der Waals surface area (Å²) in [6.45, 7) is 0. The third kappa shape index (κ3) is 1.82. The average Bonchev–Trinajstić information content (AvgIpc) is 2.70. The number of nitrogens with zero attached hydrogens (tertiary/aromatic N) is 2. The summed E-state index contributed by atoms with van der Waals surface area (Å²) >= 11 is 5.89. The number of hydrogen-bond donors (Lipinski definition) is 2. The SMILES string of the molecule is Nc1ccc(Cl)c(-c2nc(C(=O)O)no2)c1. The summed E-state index contributed by atoms with van der Waals surface area (Å²) in [6, 6.07) is 4.71. The summed E-state index contributed by atoms with van der Waals surface area (Å²) in [5, 5.41) is 12.3. The zero-order valence-electron chi connectivity index (χ0n) is 7.85. The topological polar surface area (TPSA) is 102 Å². The molecule has 0 bridgehead atoms. The van der Waals surface area contributed by atoms with E-state index in [1.807, 2.05) is 0 Å². The highest BCUT2D eigenvalue weighted by Gasteiger charge is 2.16. The number of aromatic nitrogens is 2. The lowest BCUT2D eigenvalue weighted by atomic mass is 10.2. The van der Waals surface area contributed by atoms with Gasteiger partial charge in [0, 0.05) is 5.69 Å². The van der Waals surface area contributed by atoms with Crippen molar-refractivity contribution in [3.8, 4) is 11.5 Å². The Morgan fingerprint density at radius 3 is 2.88 bits per heavy atom. The summed E-state index contributed by atoms with van der Waals surface area (Å²) in [5.74, 6) is -1.67. The van der Waals surface area contributed by atoms with Crippen LogP contribution in [0.5, 0.6) is 0 Å². The van der Waals surface area contributed by atoms with E-state index in [2.05, 4.69) is 10.1 Å². The Kier molecular flexibility index (Phi) is 2.49. The Bertz CT molecular complexity index is 553. The van der Waals surface area contributed by atoms with Gasteiger partial charge < -0.3 is 15.4 Å². The highest BCUT2D eigenvalue weighted by Crippen LogP contribution is 2.28. The molecule has 2 rings (SSSR count). The van der Waals surface area contributed by atoms with Crippen molar-refractivity contribution in [2.45, 2.75) is 0 Å². The van der Waals surface area contributed by atoms with E-state index in [1.54, 1.807) is 12.1 Å². The van der Waals surface area contributed by atoms with Gasteiger partial charge in [0.15, 0.2) is 0 Å². The van der Waals surface area contributed by atoms with Crippen molar-refractivity contribution in [1.29, 1.82) is 0 Å². The average molecular weight is 240 g/mol. The van der Waals surface area contributed by atoms with Crippen molar-refractivity contribution in [2.75, 3.05) is 5.73 Å². The van der Waals surface area contributed by atoms with Crippen LogP contribution in [0.1, 0.15) is 10.6 Å². The number of anilines is 1. The number of carboxylic acids is 1. The molecule has 0 spiro atoms. The van der Waals surface area contributed by atoms with Crippen LogP contribution in [0.4, 0.5) is 5.69 Å². The van der Waals surface area contributed by atoms with Gasteiger partial charge in [0.1, 0.15) is 0 Å². The van der Waals surface area contributed by atoms with Crippen LogP contribution in [-0.4, -0.2) is 21.2 Å². The van der Waals surface area contributed by atoms with Gasteiger partial charge in [-0.05, 0) is 23.4 Å². The van der Waals surface area contributed by atoms with Crippen molar-refractivity contribution in [2.24, 2.45) is 0 Å². The number of nitrogens with two attached hydrogens (primary N) is 1. The molecule has 0 fully saturated rings. The number of aromatic carboxylic acids is 1. The number of halogens is 1. The number of benzene rings is 1. The molecule has 0 amide bonds. The van der Waals surface area contributed by atoms with Crippen molar-refractivity contribution >= 4 is 23.3 Å². The van der Waals surface area contributed by atoms with E-state index in [0.717, 1.165) is 0 Å². The Balaban J connectivity index is 2.50. The Labute approximate surface area is 94.6 Å². The molecule has 82 valence electrons. The second kappa shape index (κ2) is 3.82. The van der Waals surface area contributed by atoms with Crippen molar-refractivity contribution < 1.29 is 14.4 Å². The maximum Gasteiger partial charge on any atom is 0.377 e. The number of hydrogen-bond acceptors (Lipinski definition) is 5.